The van der Waals surface area contributed by atoms with E-state index in [1.54, 1.807) is 4.90 Å². The zero-order chi connectivity index (χ0) is 30.1. The average Bonchev–Trinajstić information content (AvgIpc) is 2.90. The molecule has 1 saturated heterocycles. The van der Waals surface area contributed by atoms with Crippen LogP contribution in [0.3, 0.4) is 0 Å². The van der Waals surface area contributed by atoms with Crippen molar-refractivity contribution in [1.82, 2.24) is 20.4 Å². The molecule has 224 valence electrons. The Morgan fingerprint density at radius 1 is 1.05 bits per heavy atom. The lowest BCUT2D eigenvalue weighted by Gasteiger charge is -2.42. The van der Waals surface area contributed by atoms with Crippen LogP contribution in [0.4, 0.5) is 8.78 Å². The van der Waals surface area contributed by atoms with Crippen molar-refractivity contribution in [3.8, 4) is 0 Å². The van der Waals surface area contributed by atoms with Crippen LogP contribution in [0.2, 0.25) is 0 Å². The van der Waals surface area contributed by atoms with Gasteiger partial charge in [-0.1, -0.05) is 52.0 Å². The number of carbonyl (C=O) groups excluding carboxylic acids is 3. The van der Waals surface area contributed by atoms with E-state index >= 15 is 0 Å². The van der Waals surface area contributed by atoms with Gasteiger partial charge in [0, 0.05) is 25.7 Å². The number of carbonyl (C=O) groups is 3. The van der Waals surface area contributed by atoms with Crippen molar-refractivity contribution in [2.75, 3.05) is 26.2 Å². The first-order valence-corrected chi connectivity index (χ1v) is 14.3. The highest BCUT2D eigenvalue weighted by Gasteiger charge is 2.41. The van der Waals surface area contributed by atoms with E-state index < -0.39 is 35.7 Å². The van der Waals surface area contributed by atoms with Crippen LogP contribution in [0.1, 0.15) is 50.8 Å². The lowest BCUT2D eigenvalue weighted by atomic mass is 9.97. The summed E-state index contributed by atoms with van der Waals surface area (Å²) >= 11 is 0. The largest absolute Gasteiger partial charge is 0.390 e. The van der Waals surface area contributed by atoms with Crippen LogP contribution in [-0.2, 0) is 33.8 Å². The summed E-state index contributed by atoms with van der Waals surface area (Å²) in [7, 11) is 0. The molecule has 0 saturated carbocycles. The molecular formula is C31H42F2N4O4. The molecule has 0 aliphatic carbocycles. The molecule has 0 aromatic heterocycles. The molecular weight excluding hydrogens is 530 g/mol. The quantitative estimate of drug-likeness (QED) is 0.323. The number of hydrogen-bond acceptors (Lipinski definition) is 5. The minimum Gasteiger partial charge on any atom is -0.390 e. The van der Waals surface area contributed by atoms with Crippen molar-refractivity contribution < 1.29 is 28.3 Å². The lowest BCUT2D eigenvalue weighted by Crippen LogP contribution is -2.63. The molecule has 3 N–H and O–H groups in total. The zero-order valence-corrected chi connectivity index (χ0v) is 24.3. The first kappa shape index (κ1) is 32.1. The average molecular weight is 573 g/mol. The van der Waals surface area contributed by atoms with Crippen molar-refractivity contribution in [3.05, 3.63) is 70.8 Å². The maximum atomic E-state index is 13.9. The second-order valence-corrected chi connectivity index (χ2v) is 11.0. The summed E-state index contributed by atoms with van der Waals surface area (Å²) in [5.41, 5.74) is 2.49. The molecule has 0 spiro atoms. The van der Waals surface area contributed by atoms with Crippen molar-refractivity contribution >= 4 is 17.7 Å². The Kier molecular flexibility index (Phi) is 11.8. The van der Waals surface area contributed by atoms with Gasteiger partial charge >= 0.3 is 0 Å². The van der Waals surface area contributed by atoms with E-state index in [9.17, 15) is 28.3 Å². The molecule has 8 nitrogen and oxygen atoms in total. The van der Waals surface area contributed by atoms with Gasteiger partial charge in [0.15, 0.2) is 0 Å². The number of hydrogen-bond donors (Lipinski definition) is 3. The summed E-state index contributed by atoms with van der Waals surface area (Å²) < 4.78 is 27.8. The predicted octanol–water partition coefficient (Wildman–Crippen LogP) is 2.81. The van der Waals surface area contributed by atoms with Crippen LogP contribution in [0.5, 0.6) is 0 Å². The molecule has 1 heterocycles. The fourth-order valence-electron chi connectivity index (χ4n) is 5.25. The van der Waals surface area contributed by atoms with Crippen LogP contribution in [0, 0.1) is 17.6 Å². The van der Waals surface area contributed by atoms with Gasteiger partial charge in [-0.2, -0.15) is 0 Å². The number of rotatable bonds is 14. The molecule has 0 unspecified atom stereocenters. The van der Waals surface area contributed by atoms with Gasteiger partial charge in [0.25, 0.3) is 0 Å². The molecule has 3 atom stereocenters. The van der Waals surface area contributed by atoms with Crippen molar-refractivity contribution in [2.24, 2.45) is 5.92 Å². The van der Waals surface area contributed by atoms with Gasteiger partial charge in [0.05, 0.1) is 12.1 Å². The second-order valence-electron chi connectivity index (χ2n) is 11.0. The molecule has 3 amide bonds. The van der Waals surface area contributed by atoms with E-state index in [1.807, 2.05) is 39.0 Å². The fourth-order valence-corrected chi connectivity index (χ4v) is 5.25. The van der Waals surface area contributed by atoms with Gasteiger partial charge in [-0.05, 0) is 54.0 Å². The van der Waals surface area contributed by atoms with Gasteiger partial charge in [-0.15, -0.1) is 0 Å². The summed E-state index contributed by atoms with van der Waals surface area (Å²) in [4.78, 5) is 42.0. The maximum absolute atomic E-state index is 13.9. The third kappa shape index (κ3) is 9.06. The van der Waals surface area contributed by atoms with E-state index in [-0.39, 0.29) is 49.4 Å². The number of piperazine rings is 1. The monoisotopic (exact) mass is 572 g/mol. The van der Waals surface area contributed by atoms with Crippen LogP contribution < -0.4 is 10.6 Å². The highest BCUT2D eigenvalue weighted by molar-refractivity contribution is 5.97. The molecule has 1 aliphatic rings. The number of amides is 3. The maximum Gasteiger partial charge on any atom is 0.246 e. The predicted molar refractivity (Wildman–Crippen MR) is 153 cm³/mol. The molecule has 2 aromatic carbocycles. The van der Waals surface area contributed by atoms with E-state index in [4.69, 9.17) is 0 Å². The lowest BCUT2D eigenvalue weighted by molar-refractivity contribution is -0.159. The summed E-state index contributed by atoms with van der Waals surface area (Å²) in [6.45, 7) is 8.18. The Labute approximate surface area is 241 Å². The molecule has 2 aromatic rings. The van der Waals surface area contributed by atoms with E-state index in [1.165, 1.54) is 10.5 Å². The highest BCUT2D eigenvalue weighted by Crippen LogP contribution is 2.20. The van der Waals surface area contributed by atoms with Crippen LogP contribution in [0.15, 0.2) is 42.5 Å². The second kappa shape index (κ2) is 15.0. The molecule has 0 radical (unpaired) electrons. The summed E-state index contributed by atoms with van der Waals surface area (Å²) in [6, 6.07) is 9.53. The first-order valence-electron chi connectivity index (χ1n) is 14.3. The number of aliphatic hydroxyl groups is 1. The fraction of sp³-hybridized carbons (Fsp3) is 0.516. The van der Waals surface area contributed by atoms with Crippen LogP contribution in [-0.4, -0.2) is 77.0 Å². The summed E-state index contributed by atoms with van der Waals surface area (Å²) in [5, 5.41) is 17.0. The molecule has 0 bridgehead atoms. The number of aryl methyl sites for hydroxylation is 1. The Morgan fingerprint density at radius 2 is 1.73 bits per heavy atom. The SMILES string of the molecule is CCCN1C(=O)CN(CC(=O)N[C@@H](Cc2cc(F)cc(F)c2)[C@H](O)CNCc2cccc(CC)c2)C(=O)[C@H]1C(C)C. The number of nitrogens with zero attached hydrogens (tertiary/aromatic N) is 2. The molecule has 41 heavy (non-hydrogen) atoms. The van der Waals surface area contributed by atoms with Gasteiger partial charge in [0.1, 0.15) is 30.8 Å². The Balaban J connectivity index is 1.70. The van der Waals surface area contributed by atoms with Crippen molar-refractivity contribution in [3.63, 3.8) is 0 Å². The van der Waals surface area contributed by atoms with E-state index in [0.29, 0.717) is 19.5 Å². The van der Waals surface area contributed by atoms with Gasteiger partial charge in [-0.25, -0.2) is 8.78 Å². The first-order chi connectivity index (χ1) is 19.5. The molecule has 1 aliphatic heterocycles. The number of nitrogens with one attached hydrogen (secondary N) is 2. The number of aliphatic hydroxyl groups excluding tert-OH is 1. The van der Waals surface area contributed by atoms with Gasteiger partial charge in [-0.3, -0.25) is 14.4 Å². The van der Waals surface area contributed by atoms with Gasteiger partial charge < -0.3 is 25.5 Å². The third-order valence-electron chi connectivity index (χ3n) is 7.25. The minimum atomic E-state index is -1.11. The molecule has 10 heteroatoms. The summed E-state index contributed by atoms with van der Waals surface area (Å²) in [6.07, 6.45) is 0.456. The Morgan fingerprint density at radius 3 is 2.37 bits per heavy atom. The van der Waals surface area contributed by atoms with Crippen LogP contribution in [0.25, 0.3) is 0 Å². The zero-order valence-electron chi connectivity index (χ0n) is 24.3. The minimum absolute atomic E-state index is 0.0413. The summed E-state index contributed by atoms with van der Waals surface area (Å²) in [5.74, 6) is -2.76. The topological polar surface area (TPSA) is 102 Å². The number of halogens is 2. The molecule has 3 rings (SSSR count). The van der Waals surface area contributed by atoms with Crippen molar-refractivity contribution in [2.45, 2.75) is 71.7 Å². The smallest absolute Gasteiger partial charge is 0.246 e. The van der Waals surface area contributed by atoms with E-state index in [0.717, 1.165) is 30.2 Å². The Hall–Kier alpha value is -3.37. The third-order valence-corrected chi connectivity index (χ3v) is 7.25. The number of benzene rings is 2. The normalized spacial score (nSPS) is 17.2. The van der Waals surface area contributed by atoms with Gasteiger partial charge in [0.2, 0.25) is 17.7 Å². The van der Waals surface area contributed by atoms with E-state index in [2.05, 4.69) is 23.6 Å². The standard InChI is InChI=1S/C31H42F2N4O4/c1-5-10-37-29(40)19-36(31(41)30(37)20(3)4)18-28(39)35-26(14-23-12-24(32)15-25(33)13-23)27(38)17-34-16-22-9-7-8-21(6-2)11-22/h7-9,11-13,15,20,26-27,30,34,38H,5-6,10,14,16-19H2,1-4H3,(H,35,39)/t26-,27+,30+/m0/s1. The molecule has 1 fully saturated rings. The van der Waals surface area contributed by atoms with Crippen LogP contribution >= 0.6 is 0 Å². The highest BCUT2D eigenvalue weighted by atomic mass is 19.1. The van der Waals surface area contributed by atoms with Crippen molar-refractivity contribution in [1.29, 1.82) is 0 Å². The Bertz CT molecular complexity index is 1190.